The predicted molar refractivity (Wildman–Crippen MR) is 116 cm³/mol. The normalized spacial score (nSPS) is 17.5. The maximum absolute atomic E-state index is 13.4. The van der Waals surface area contributed by atoms with Gasteiger partial charge >= 0.3 is 0 Å². The van der Waals surface area contributed by atoms with Crippen LogP contribution in [0.3, 0.4) is 0 Å². The molecule has 2 unspecified atom stereocenters. The number of para-hydroxylation sites is 1. The average molecular weight is 420 g/mol. The molecule has 1 aliphatic heterocycles. The van der Waals surface area contributed by atoms with E-state index in [2.05, 4.69) is 32.7 Å². The van der Waals surface area contributed by atoms with E-state index in [9.17, 15) is 4.79 Å². The van der Waals surface area contributed by atoms with E-state index < -0.39 is 12.0 Å². The highest BCUT2D eigenvalue weighted by Gasteiger charge is 2.40. The second-order valence-corrected chi connectivity index (χ2v) is 7.17. The van der Waals surface area contributed by atoms with Crippen molar-refractivity contribution in [1.29, 1.82) is 0 Å². The molecule has 160 valence electrons. The summed E-state index contributed by atoms with van der Waals surface area (Å²) in [6.07, 6.45) is 0. The van der Waals surface area contributed by atoms with Crippen LogP contribution in [0.1, 0.15) is 24.1 Å². The molecule has 2 atom stereocenters. The Morgan fingerprint density at radius 1 is 1.26 bits per heavy atom. The van der Waals surface area contributed by atoms with Crippen molar-refractivity contribution in [2.75, 3.05) is 24.4 Å². The lowest BCUT2D eigenvalue weighted by Gasteiger charge is -2.33. The van der Waals surface area contributed by atoms with Gasteiger partial charge in [-0.3, -0.25) is 4.79 Å². The molecule has 0 bridgehead atoms. The number of hydrogen-bond acceptors (Lipinski definition) is 7. The molecule has 0 saturated carbocycles. The average Bonchev–Trinajstić information content (AvgIpc) is 3.22. The van der Waals surface area contributed by atoms with Crippen molar-refractivity contribution in [3.63, 3.8) is 0 Å². The third kappa shape index (κ3) is 3.81. The topological polar surface area (TPSA) is 103 Å². The van der Waals surface area contributed by atoms with E-state index >= 15 is 0 Å². The predicted octanol–water partition coefficient (Wildman–Crippen LogP) is 3.17. The molecule has 0 spiro atoms. The monoisotopic (exact) mass is 420 g/mol. The smallest absolute Gasteiger partial charge is 0.247 e. The number of hydrogen-bond donors (Lipinski definition) is 2. The Hall–Kier alpha value is -3.88. The lowest BCUT2D eigenvalue weighted by molar-refractivity contribution is -0.119. The molecule has 9 nitrogen and oxygen atoms in total. The highest BCUT2D eigenvalue weighted by molar-refractivity contribution is 5.96. The van der Waals surface area contributed by atoms with Gasteiger partial charge in [0.1, 0.15) is 5.92 Å². The number of rotatable bonds is 6. The maximum atomic E-state index is 13.4. The SMILES string of the molecule is C=C1Nc2nnnn2C(c2ccc(OC)c(OCC)c2)C1C(=O)Nc1ccccc1C. The second kappa shape index (κ2) is 8.47. The summed E-state index contributed by atoms with van der Waals surface area (Å²) in [7, 11) is 1.59. The van der Waals surface area contributed by atoms with E-state index in [1.807, 2.05) is 56.3 Å². The second-order valence-electron chi connectivity index (χ2n) is 7.17. The van der Waals surface area contributed by atoms with E-state index in [1.165, 1.54) is 0 Å². The number of methoxy groups -OCH3 is 1. The van der Waals surface area contributed by atoms with E-state index in [0.717, 1.165) is 16.8 Å². The zero-order chi connectivity index (χ0) is 22.0. The molecular formula is C22H24N6O3. The number of nitrogens with one attached hydrogen (secondary N) is 2. The van der Waals surface area contributed by atoms with Crippen LogP contribution in [-0.2, 0) is 4.79 Å². The number of benzene rings is 2. The van der Waals surface area contributed by atoms with Crippen molar-refractivity contribution in [1.82, 2.24) is 20.2 Å². The third-order valence-corrected chi connectivity index (χ3v) is 5.23. The molecule has 0 fully saturated rings. The minimum absolute atomic E-state index is 0.216. The van der Waals surface area contributed by atoms with E-state index in [0.29, 0.717) is 29.8 Å². The molecule has 0 radical (unpaired) electrons. The summed E-state index contributed by atoms with van der Waals surface area (Å²) < 4.78 is 12.7. The van der Waals surface area contributed by atoms with Gasteiger partial charge in [0.2, 0.25) is 11.9 Å². The quantitative estimate of drug-likeness (QED) is 0.631. The molecule has 3 aromatic rings. The summed E-state index contributed by atoms with van der Waals surface area (Å²) >= 11 is 0. The van der Waals surface area contributed by atoms with E-state index in [4.69, 9.17) is 9.47 Å². The number of anilines is 2. The summed E-state index contributed by atoms with van der Waals surface area (Å²) in [6, 6.07) is 12.6. The van der Waals surface area contributed by atoms with Crippen LogP contribution in [0, 0.1) is 12.8 Å². The fourth-order valence-electron chi connectivity index (χ4n) is 3.72. The Labute approximate surface area is 180 Å². The van der Waals surface area contributed by atoms with Gasteiger partial charge in [-0.05, 0) is 53.6 Å². The van der Waals surface area contributed by atoms with Crippen LogP contribution >= 0.6 is 0 Å². The van der Waals surface area contributed by atoms with Crippen LogP contribution in [0.15, 0.2) is 54.7 Å². The Balaban J connectivity index is 1.77. The zero-order valence-corrected chi connectivity index (χ0v) is 17.6. The highest BCUT2D eigenvalue weighted by atomic mass is 16.5. The van der Waals surface area contributed by atoms with Crippen molar-refractivity contribution in [2.45, 2.75) is 19.9 Å². The highest BCUT2D eigenvalue weighted by Crippen LogP contribution is 2.40. The van der Waals surface area contributed by atoms with Crippen LogP contribution in [0.5, 0.6) is 11.5 Å². The van der Waals surface area contributed by atoms with Crippen molar-refractivity contribution in [3.8, 4) is 11.5 Å². The van der Waals surface area contributed by atoms with Crippen LogP contribution in [0.4, 0.5) is 11.6 Å². The molecule has 1 aliphatic rings. The zero-order valence-electron chi connectivity index (χ0n) is 17.6. The lowest BCUT2D eigenvalue weighted by atomic mass is 9.88. The van der Waals surface area contributed by atoms with Crippen molar-refractivity contribution >= 4 is 17.5 Å². The Bertz CT molecular complexity index is 1130. The standard InChI is InChI=1S/C22H24N6O3/c1-5-31-18-12-15(10-11-17(18)30-4)20-19(14(3)23-22-25-26-27-28(20)22)21(29)24-16-9-7-6-8-13(16)2/h6-12,19-20H,3,5H2,1-2,4H3,(H,24,29)(H,23,25,27). The summed E-state index contributed by atoms with van der Waals surface area (Å²) in [6.45, 7) is 8.41. The number of nitrogens with zero attached hydrogens (tertiary/aromatic N) is 4. The van der Waals surface area contributed by atoms with Gasteiger partial charge in [-0.25, -0.2) is 4.68 Å². The molecule has 9 heteroatoms. The van der Waals surface area contributed by atoms with Crippen molar-refractivity contribution in [2.24, 2.45) is 5.92 Å². The first-order valence-electron chi connectivity index (χ1n) is 9.94. The number of amides is 1. The maximum Gasteiger partial charge on any atom is 0.247 e. The number of tetrazole rings is 1. The van der Waals surface area contributed by atoms with Gasteiger partial charge < -0.3 is 20.1 Å². The van der Waals surface area contributed by atoms with Crippen molar-refractivity contribution in [3.05, 3.63) is 65.9 Å². The van der Waals surface area contributed by atoms with Crippen LogP contribution in [0.25, 0.3) is 0 Å². The van der Waals surface area contributed by atoms with Gasteiger partial charge in [-0.15, -0.1) is 0 Å². The fraction of sp³-hybridized carbons (Fsp3) is 0.273. The van der Waals surface area contributed by atoms with Gasteiger partial charge in [-0.1, -0.05) is 35.9 Å². The van der Waals surface area contributed by atoms with Crippen LogP contribution < -0.4 is 20.1 Å². The van der Waals surface area contributed by atoms with Gasteiger partial charge in [-0.2, -0.15) is 0 Å². The van der Waals surface area contributed by atoms with Gasteiger partial charge in [0.15, 0.2) is 11.5 Å². The molecule has 31 heavy (non-hydrogen) atoms. The Morgan fingerprint density at radius 2 is 2.06 bits per heavy atom. The van der Waals surface area contributed by atoms with Crippen LogP contribution in [0.2, 0.25) is 0 Å². The van der Waals surface area contributed by atoms with Crippen molar-refractivity contribution < 1.29 is 14.3 Å². The molecule has 0 aliphatic carbocycles. The summed E-state index contributed by atoms with van der Waals surface area (Å²) in [5.74, 6) is 0.726. The first kappa shape index (κ1) is 20.4. The number of aromatic nitrogens is 4. The number of fused-ring (bicyclic) bond motifs is 1. The number of ether oxygens (including phenoxy) is 2. The minimum atomic E-state index is -0.668. The molecule has 0 saturated heterocycles. The molecule has 2 heterocycles. The molecule has 1 aromatic heterocycles. The molecule has 2 aromatic carbocycles. The first-order valence-corrected chi connectivity index (χ1v) is 9.94. The largest absolute Gasteiger partial charge is 0.493 e. The van der Waals surface area contributed by atoms with Crippen LogP contribution in [-0.4, -0.2) is 39.8 Å². The number of aryl methyl sites for hydroxylation is 1. The molecule has 1 amide bonds. The lowest BCUT2D eigenvalue weighted by Crippen LogP contribution is -2.39. The van der Waals surface area contributed by atoms with E-state index in [-0.39, 0.29) is 5.91 Å². The number of carbonyl (C=O) groups is 1. The van der Waals surface area contributed by atoms with Gasteiger partial charge in [0.25, 0.3) is 0 Å². The van der Waals surface area contributed by atoms with E-state index in [1.54, 1.807) is 11.8 Å². The Kier molecular flexibility index (Phi) is 5.57. The summed E-state index contributed by atoms with van der Waals surface area (Å²) in [4.78, 5) is 13.4. The molecule has 2 N–H and O–H groups in total. The summed E-state index contributed by atoms with van der Waals surface area (Å²) in [5, 5.41) is 18.0. The minimum Gasteiger partial charge on any atom is -0.493 e. The fourth-order valence-corrected chi connectivity index (χ4v) is 3.72. The molecule has 4 rings (SSSR count). The third-order valence-electron chi connectivity index (χ3n) is 5.23. The Morgan fingerprint density at radius 3 is 2.81 bits per heavy atom. The summed E-state index contributed by atoms with van der Waals surface area (Å²) in [5.41, 5.74) is 3.01. The molecular weight excluding hydrogens is 396 g/mol. The van der Waals surface area contributed by atoms with Gasteiger partial charge in [0.05, 0.1) is 19.8 Å². The number of carbonyl (C=O) groups excluding carboxylic acids is 1. The van der Waals surface area contributed by atoms with Gasteiger partial charge in [0, 0.05) is 11.4 Å². The first-order chi connectivity index (χ1) is 15.0.